The van der Waals surface area contributed by atoms with Crippen LogP contribution in [0.3, 0.4) is 0 Å². The lowest BCUT2D eigenvalue weighted by Gasteiger charge is -2.27. The highest BCUT2D eigenvalue weighted by atomic mass is 35.5. The predicted octanol–water partition coefficient (Wildman–Crippen LogP) is 0.694. The van der Waals surface area contributed by atoms with Crippen LogP contribution < -0.4 is 16.4 Å². The van der Waals surface area contributed by atoms with Gasteiger partial charge in [-0.1, -0.05) is 6.07 Å². The number of carbonyl (C=O) groups excluding carboxylic acids is 4. The van der Waals surface area contributed by atoms with Crippen LogP contribution in [0.25, 0.3) is 0 Å². The molecule has 0 aliphatic carbocycles. The molecule has 1 atom stereocenters. The van der Waals surface area contributed by atoms with E-state index in [1.54, 1.807) is 18.2 Å². The summed E-state index contributed by atoms with van der Waals surface area (Å²) in [6.45, 7) is 3.33. The molecule has 4 N–H and O–H groups in total. The second-order valence-electron chi connectivity index (χ2n) is 7.32. The molecule has 2 heterocycles. The topological polar surface area (TPSA) is 140 Å². The molecule has 1 fully saturated rings. The largest absolute Gasteiger partial charge is 0.384 e. The molecule has 1 aromatic carbocycles. The van der Waals surface area contributed by atoms with E-state index in [9.17, 15) is 19.2 Å². The summed E-state index contributed by atoms with van der Waals surface area (Å²) in [6.07, 6.45) is 1.75. The van der Waals surface area contributed by atoms with Gasteiger partial charge >= 0.3 is 0 Å². The molecule has 0 radical (unpaired) electrons. The first-order chi connectivity index (χ1) is 15.0. The molecule has 2 aliphatic heterocycles. The molecule has 3 rings (SSSR count). The lowest BCUT2D eigenvalue weighted by molar-refractivity contribution is -0.136. The smallest absolute Gasteiger partial charge is 0.264 e. The maximum Gasteiger partial charge on any atom is 0.264 e. The van der Waals surface area contributed by atoms with Gasteiger partial charge in [-0.25, -0.2) is 0 Å². The number of nitrogens with zero attached hydrogens (tertiary/aromatic N) is 1. The Morgan fingerprint density at radius 2 is 1.75 bits per heavy atom. The molecule has 11 heteroatoms. The van der Waals surface area contributed by atoms with Crippen LogP contribution in [-0.2, 0) is 19.1 Å². The zero-order valence-corrected chi connectivity index (χ0v) is 18.6. The van der Waals surface area contributed by atoms with Crippen molar-refractivity contribution < 1.29 is 28.7 Å². The molecule has 0 spiro atoms. The van der Waals surface area contributed by atoms with Crippen LogP contribution in [0.15, 0.2) is 18.2 Å². The van der Waals surface area contributed by atoms with Crippen molar-refractivity contribution in [3.05, 3.63) is 29.3 Å². The van der Waals surface area contributed by atoms with Crippen LogP contribution in [0.5, 0.6) is 0 Å². The summed E-state index contributed by atoms with van der Waals surface area (Å²) in [5.41, 5.74) is 6.44. The molecule has 4 amide bonds. The Bertz CT molecular complexity index is 850. The Morgan fingerprint density at radius 3 is 2.44 bits per heavy atom. The SMILES string of the molecule is Cl.NCCCOCCOCCCNc1cccc2c1C(=O)N(C1CCC(=O)NC1=O)C2=O. The standard InChI is InChI=1S/C21H28N4O6.ClH/c22-8-2-10-30-12-13-31-11-3-9-23-15-5-1-4-14-18(15)21(29)25(20(14)28)16-6-7-17(26)24-19(16)27;/h1,4-5,16,23H,2-3,6-13,22H2,(H,24,26,27);1H. The van der Waals surface area contributed by atoms with Crippen molar-refractivity contribution in [1.29, 1.82) is 0 Å². The van der Waals surface area contributed by atoms with Gasteiger partial charge in [-0.05, 0) is 37.9 Å². The summed E-state index contributed by atoms with van der Waals surface area (Å²) in [7, 11) is 0. The number of hydrogen-bond donors (Lipinski definition) is 3. The predicted molar refractivity (Wildman–Crippen MR) is 119 cm³/mol. The molecule has 1 saturated heterocycles. The van der Waals surface area contributed by atoms with Gasteiger partial charge in [-0.2, -0.15) is 0 Å². The molecule has 0 saturated carbocycles. The number of piperidine rings is 1. The van der Waals surface area contributed by atoms with E-state index in [4.69, 9.17) is 15.2 Å². The average Bonchev–Trinajstić information content (AvgIpc) is 3.01. The average molecular weight is 469 g/mol. The summed E-state index contributed by atoms with van der Waals surface area (Å²) < 4.78 is 10.9. The Morgan fingerprint density at radius 1 is 1.03 bits per heavy atom. The minimum absolute atomic E-state index is 0. The maximum atomic E-state index is 13.0. The van der Waals surface area contributed by atoms with E-state index in [0.717, 1.165) is 11.3 Å². The number of carbonyl (C=O) groups is 4. The van der Waals surface area contributed by atoms with Gasteiger partial charge in [0.25, 0.3) is 11.8 Å². The summed E-state index contributed by atoms with van der Waals surface area (Å²) in [6, 6.07) is 4.01. The van der Waals surface area contributed by atoms with Gasteiger partial charge in [0.1, 0.15) is 6.04 Å². The number of amides is 4. The maximum absolute atomic E-state index is 13.0. The van der Waals surface area contributed by atoms with Gasteiger partial charge in [-0.15, -0.1) is 12.4 Å². The van der Waals surface area contributed by atoms with Crippen LogP contribution in [0.1, 0.15) is 46.4 Å². The summed E-state index contributed by atoms with van der Waals surface area (Å²) in [5.74, 6) is -2.06. The fraction of sp³-hybridized carbons (Fsp3) is 0.524. The summed E-state index contributed by atoms with van der Waals surface area (Å²) in [4.78, 5) is 50.3. The van der Waals surface area contributed by atoms with E-state index in [1.165, 1.54) is 0 Å². The number of benzene rings is 1. The zero-order valence-electron chi connectivity index (χ0n) is 17.8. The first kappa shape index (κ1) is 25.7. The van der Waals surface area contributed by atoms with Gasteiger partial charge < -0.3 is 20.5 Å². The minimum Gasteiger partial charge on any atom is -0.384 e. The van der Waals surface area contributed by atoms with Crippen LogP contribution in [0, 0.1) is 0 Å². The Kier molecular flexibility index (Phi) is 10.0. The number of halogens is 1. The van der Waals surface area contributed by atoms with Crippen molar-refractivity contribution in [2.45, 2.75) is 31.7 Å². The van der Waals surface area contributed by atoms with E-state index in [2.05, 4.69) is 10.6 Å². The van der Waals surface area contributed by atoms with Gasteiger partial charge in [0.15, 0.2) is 0 Å². The van der Waals surface area contributed by atoms with Crippen LogP contribution in [-0.4, -0.2) is 74.1 Å². The van der Waals surface area contributed by atoms with Crippen LogP contribution >= 0.6 is 12.4 Å². The van der Waals surface area contributed by atoms with Crippen molar-refractivity contribution in [2.75, 3.05) is 44.8 Å². The molecular formula is C21H29ClN4O6. The number of nitrogens with one attached hydrogen (secondary N) is 2. The lowest BCUT2D eigenvalue weighted by atomic mass is 10.0. The highest BCUT2D eigenvalue weighted by Gasteiger charge is 2.45. The molecule has 32 heavy (non-hydrogen) atoms. The number of hydrogen-bond acceptors (Lipinski definition) is 8. The number of ether oxygens (including phenoxy) is 2. The number of anilines is 1. The highest BCUT2D eigenvalue weighted by Crippen LogP contribution is 2.32. The summed E-state index contributed by atoms with van der Waals surface area (Å²) >= 11 is 0. The monoisotopic (exact) mass is 468 g/mol. The second kappa shape index (κ2) is 12.5. The van der Waals surface area contributed by atoms with E-state index >= 15 is 0 Å². The van der Waals surface area contributed by atoms with Gasteiger partial charge in [-0.3, -0.25) is 29.4 Å². The van der Waals surface area contributed by atoms with Gasteiger partial charge in [0.05, 0.1) is 24.3 Å². The Balaban J connectivity index is 0.00000363. The van der Waals surface area contributed by atoms with Crippen molar-refractivity contribution in [1.82, 2.24) is 10.2 Å². The third-order valence-corrected chi connectivity index (χ3v) is 5.11. The van der Waals surface area contributed by atoms with Crippen LogP contribution in [0.2, 0.25) is 0 Å². The lowest BCUT2D eigenvalue weighted by Crippen LogP contribution is -2.54. The highest BCUT2D eigenvalue weighted by molar-refractivity contribution is 6.25. The number of imide groups is 2. The van der Waals surface area contributed by atoms with E-state index in [1.807, 2.05) is 0 Å². The molecule has 176 valence electrons. The first-order valence-corrected chi connectivity index (χ1v) is 10.5. The Hall–Kier alpha value is -2.53. The Labute approximate surface area is 192 Å². The molecule has 0 aromatic heterocycles. The van der Waals surface area contributed by atoms with Crippen molar-refractivity contribution in [2.24, 2.45) is 5.73 Å². The summed E-state index contributed by atoms with van der Waals surface area (Å²) in [5, 5.41) is 5.37. The van der Waals surface area contributed by atoms with Crippen molar-refractivity contribution >= 4 is 41.7 Å². The van der Waals surface area contributed by atoms with Gasteiger partial charge in [0.2, 0.25) is 11.8 Å². The second-order valence-corrected chi connectivity index (χ2v) is 7.32. The van der Waals surface area contributed by atoms with Crippen molar-refractivity contribution in [3.63, 3.8) is 0 Å². The van der Waals surface area contributed by atoms with E-state index < -0.39 is 29.7 Å². The molecule has 10 nitrogen and oxygen atoms in total. The minimum atomic E-state index is -0.974. The van der Waals surface area contributed by atoms with E-state index in [-0.39, 0.29) is 36.4 Å². The number of nitrogens with two attached hydrogens (primary N) is 1. The molecule has 1 aromatic rings. The zero-order chi connectivity index (χ0) is 22.2. The number of rotatable bonds is 12. The van der Waals surface area contributed by atoms with Crippen molar-refractivity contribution in [3.8, 4) is 0 Å². The fourth-order valence-corrected chi connectivity index (χ4v) is 3.57. The molecule has 2 aliphatic rings. The molecular weight excluding hydrogens is 440 g/mol. The number of fused-ring (bicyclic) bond motifs is 1. The first-order valence-electron chi connectivity index (χ1n) is 10.5. The quantitative estimate of drug-likeness (QED) is 0.300. The fourth-order valence-electron chi connectivity index (χ4n) is 3.57. The van der Waals surface area contributed by atoms with Gasteiger partial charge in [0, 0.05) is 31.9 Å². The molecule has 1 unspecified atom stereocenters. The third kappa shape index (κ3) is 6.04. The van der Waals surface area contributed by atoms with E-state index in [0.29, 0.717) is 51.6 Å². The molecule has 0 bridgehead atoms. The normalized spacial score (nSPS) is 17.8. The van der Waals surface area contributed by atoms with Crippen LogP contribution in [0.4, 0.5) is 5.69 Å². The third-order valence-electron chi connectivity index (χ3n) is 5.11.